The van der Waals surface area contributed by atoms with Gasteiger partial charge < -0.3 is 15.0 Å². The summed E-state index contributed by atoms with van der Waals surface area (Å²) in [7, 11) is 0. The number of aliphatic carboxylic acids is 1. The van der Waals surface area contributed by atoms with Gasteiger partial charge in [-0.1, -0.05) is 24.3 Å². The van der Waals surface area contributed by atoms with E-state index >= 15 is 0 Å². The SMILES string of the molecule is O=C(O)Cc1ccc(NC2=NC(=O)C(=Cc3ccc(-n4cccc4)cc3)S2)cc1. The molecule has 0 radical (unpaired) electrons. The number of carboxylic acid groups (broad SMARTS) is 1. The molecule has 0 saturated heterocycles. The topological polar surface area (TPSA) is 83.7 Å². The van der Waals surface area contributed by atoms with Crippen LogP contribution in [0.25, 0.3) is 11.8 Å². The Hall–Kier alpha value is -3.58. The summed E-state index contributed by atoms with van der Waals surface area (Å²) in [5.74, 6) is -1.15. The molecule has 0 bridgehead atoms. The van der Waals surface area contributed by atoms with Gasteiger partial charge in [-0.3, -0.25) is 9.59 Å². The van der Waals surface area contributed by atoms with Crippen LogP contribution in [0.3, 0.4) is 0 Å². The van der Waals surface area contributed by atoms with Gasteiger partial charge in [0.15, 0.2) is 5.17 Å². The van der Waals surface area contributed by atoms with E-state index in [2.05, 4.69) is 10.3 Å². The highest BCUT2D eigenvalue weighted by molar-refractivity contribution is 8.18. The van der Waals surface area contributed by atoms with Crippen molar-refractivity contribution in [2.24, 2.45) is 4.99 Å². The standard InChI is InChI=1S/C22H17N3O3S/c26-20(27)14-16-3-7-17(8-4-16)23-22-24-21(28)19(29-22)13-15-5-9-18(10-6-15)25-11-1-2-12-25/h1-13H,14H2,(H,26,27)(H,23,24,28). The summed E-state index contributed by atoms with van der Waals surface area (Å²) < 4.78 is 2.01. The van der Waals surface area contributed by atoms with Crippen LogP contribution in [0.2, 0.25) is 0 Å². The average Bonchev–Trinajstić information content (AvgIpc) is 3.34. The number of aromatic nitrogens is 1. The fraction of sp³-hybridized carbons (Fsp3) is 0.0455. The summed E-state index contributed by atoms with van der Waals surface area (Å²) >= 11 is 1.28. The first kappa shape index (κ1) is 18.8. The molecular formula is C22H17N3O3S. The van der Waals surface area contributed by atoms with Crippen LogP contribution in [0, 0.1) is 0 Å². The third-order valence-electron chi connectivity index (χ3n) is 4.27. The monoisotopic (exact) mass is 403 g/mol. The summed E-state index contributed by atoms with van der Waals surface area (Å²) in [6.45, 7) is 0. The summed E-state index contributed by atoms with van der Waals surface area (Å²) in [6.07, 6.45) is 5.75. The first-order valence-corrected chi connectivity index (χ1v) is 9.72. The van der Waals surface area contributed by atoms with Crippen molar-refractivity contribution in [2.75, 3.05) is 5.32 Å². The van der Waals surface area contributed by atoms with Gasteiger partial charge in [0.25, 0.3) is 5.91 Å². The molecule has 0 atom stereocenters. The molecule has 144 valence electrons. The zero-order chi connectivity index (χ0) is 20.2. The third kappa shape index (κ3) is 4.64. The molecule has 0 aliphatic carbocycles. The van der Waals surface area contributed by atoms with Crippen molar-refractivity contribution in [3.05, 3.63) is 89.1 Å². The fourth-order valence-electron chi connectivity index (χ4n) is 2.87. The second kappa shape index (κ2) is 8.20. The molecule has 0 unspecified atom stereocenters. The molecule has 1 aliphatic heterocycles. The van der Waals surface area contributed by atoms with Crippen molar-refractivity contribution in [2.45, 2.75) is 6.42 Å². The average molecular weight is 403 g/mol. The van der Waals surface area contributed by atoms with Crippen molar-refractivity contribution in [3.8, 4) is 5.69 Å². The predicted molar refractivity (Wildman–Crippen MR) is 115 cm³/mol. The summed E-state index contributed by atoms with van der Waals surface area (Å²) in [6, 6.07) is 18.9. The van der Waals surface area contributed by atoms with E-state index in [0.717, 1.165) is 16.9 Å². The van der Waals surface area contributed by atoms with E-state index < -0.39 is 5.97 Å². The van der Waals surface area contributed by atoms with Gasteiger partial charge in [-0.15, -0.1) is 0 Å². The highest BCUT2D eigenvalue weighted by Crippen LogP contribution is 2.29. The number of carbonyl (C=O) groups is 2. The molecule has 2 heterocycles. The molecule has 2 aromatic carbocycles. The van der Waals surface area contributed by atoms with Crippen molar-refractivity contribution in [3.63, 3.8) is 0 Å². The van der Waals surface area contributed by atoms with Crippen molar-refractivity contribution in [1.82, 2.24) is 4.57 Å². The van der Waals surface area contributed by atoms with Crippen molar-refractivity contribution in [1.29, 1.82) is 0 Å². The lowest BCUT2D eigenvalue weighted by atomic mass is 10.1. The number of thioether (sulfide) groups is 1. The summed E-state index contributed by atoms with van der Waals surface area (Å²) in [5, 5.41) is 12.4. The van der Waals surface area contributed by atoms with E-state index in [9.17, 15) is 9.59 Å². The molecule has 4 rings (SSSR count). The molecule has 0 spiro atoms. The first-order valence-electron chi connectivity index (χ1n) is 8.90. The number of aliphatic imine (C=N–C) groups is 1. The number of hydrogen-bond acceptors (Lipinski definition) is 4. The molecule has 0 fully saturated rings. The lowest BCUT2D eigenvalue weighted by Gasteiger charge is -2.05. The number of rotatable bonds is 5. The molecule has 6 nitrogen and oxygen atoms in total. The second-order valence-corrected chi connectivity index (χ2v) is 7.44. The molecule has 1 aromatic heterocycles. The van der Waals surface area contributed by atoms with Crippen LogP contribution in [0.1, 0.15) is 11.1 Å². The first-order chi connectivity index (χ1) is 14.1. The predicted octanol–water partition coefficient (Wildman–Crippen LogP) is 4.19. The Morgan fingerprint density at radius 1 is 1.07 bits per heavy atom. The van der Waals surface area contributed by atoms with E-state index in [1.807, 2.05) is 59.4 Å². The van der Waals surface area contributed by atoms with Crippen LogP contribution in [-0.2, 0) is 16.0 Å². The molecule has 1 aliphatic rings. The number of carbonyl (C=O) groups excluding carboxylic acids is 1. The molecule has 7 heteroatoms. The number of hydrogen-bond donors (Lipinski definition) is 2. The third-order valence-corrected chi connectivity index (χ3v) is 5.17. The Bertz CT molecular complexity index is 1100. The van der Waals surface area contributed by atoms with E-state index in [1.165, 1.54) is 11.8 Å². The Balaban J connectivity index is 1.41. The molecule has 3 aromatic rings. The Morgan fingerprint density at radius 2 is 1.76 bits per heavy atom. The largest absolute Gasteiger partial charge is 0.481 e. The number of nitrogens with one attached hydrogen (secondary N) is 1. The smallest absolute Gasteiger partial charge is 0.307 e. The lowest BCUT2D eigenvalue weighted by Crippen LogP contribution is -2.05. The number of anilines is 1. The maximum Gasteiger partial charge on any atom is 0.307 e. The molecule has 1 amide bonds. The highest BCUT2D eigenvalue weighted by Gasteiger charge is 2.22. The van der Waals surface area contributed by atoms with E-state index in [0.29, 0.717) is 15.6 Å². The fourth-order valence-corrected chi connectivity index (χ4v) is 3.70. The number of carboxylic acids is 1. The van der Waals surface area contributed by atoms with Gasteiger partial charge in [0.2, 0.25) is 0 Å². The van der Waals surface area contributed by atoms with Gasteiger partial charge in [0, 0.05) is 23.8 Å². The maximum atomic E-state index is 12.2. The molecular weight excluding hydrogens is 386 g/mol. The van der Waals surface area contributed by atoms with E-state index in [-0.39, 0.29) is 12.3 Å². The van der Waals surface area contributed by atoms with Gasteiger partial charge in [-0.05, 0) is 65.4 Å². The minimum Gasteiger partial charge on any atom is -0.481 e. The van der Waals surface area contributed by atoms with Crippen LogP contribution in [0.4, 0.5) is 5.69 Å². The van der Waals surface area contributed by atoms with Crippen LogP contribution in [0.15, 0.2) is 83.0 Å². The zero-order valence-electron chi connectivity index (χ0n) is 15.3. The number of amidine groups is 1. The van der Waals surface area contributed by atoms with Gasteiger partial charge in [0.05, 0.1) is 11.3 Å². The van der Waals surface area contributed by atoms with Gasteiger partial charge >= 0.3 is 5.97 Å². The lowest BCUT2D eigenvalue weighted by molar-refractivity contribution is -0.136. The van der Waals surface area contributed by atoms with Gasteiger partial charge in [-0.2, -0.15) is 4.99 Å². The van der Waals surface area contributed by atoms with Crippen molar-refractivity contribution < 1.29 is 14.7 Å². The van der Waals surface area contributed by atoms with Crippen LogP contribution in [0.5, 0.6) is 0 Å². The quantitative estimate of drug-likeness (QED) is 0.624. The van der Waals surface area contributed by atoms with Crippen molar-refractivity contribution >= 4 is 40.6 Å². The number of nitrogens with zero attached hydrogens (tertiary/aromatic N) is 2. The van der Waals surface area contributed by atoms with E-state index in [4.69, 9.17) is 5.11 Å². The van der Waals surface area contributed by atoms with Crippen LogP contribution < -0.4 is 5.32 Å². The molecule has 2 N–H and O–H groups in total. The second-order valence-electron chi connectivity index (χ2n) is 6.41. The highest BCUT2D eigenvalue weighted by atomic mass is 32.2. The minimum atomic E-state index is -0.872. The number of benzene rings is 2. The van der Waals surface area contributed by atoms with Crippen LogP contribution >= 0.6 is 11.8 Å². The number of amides is 1. The van der Waals surface area contributed by atoms with E-state index in [1.54, 1.807) is 24.3 Å². The normalized spacial score (nSPS) is 14.8. The van der Waals surface area contributed by atoms with Crippen LogP contribution in [-0.4, -0.2) is 26.7 Å². The minimum absolute atomic E-state index is 0.0233. The summed E-state index contributed by atoms with van der Waals surface area (Å²) in [5.41, 5.74) is 3.43. The Kier molecular flexibility index (Phi) is 5.31. The molecule has 0 saturated carbocycles. The Morgan fingerprint density at radius 3 is 2.41 bits per heavy atom. The maximum absolute atomic E-state index is 12.2. The molecule has 29 heavy (non-hydrogen) atoms. The van der Waals surface area contributed by atoms with Gasteiger partial charge in [0.1, 0.15) is 0 Å². The van der Waals surface area contributed by atoms with Gasteiger partial charge in [-0.25, -0.2) is 0 Å². The zero-order valence-corrected chi connectivity index (χ0v) is 16.1. The summed E-state index contributed by atoms with van der Waals surface area (Å²) in [4.78, 5) is 27.6. The Labute approximate surface area is 171 Å².